The second-order valence-corrected chi connectivity index (χ2v) is 17.3. The Morgan fingerprint density at radius 1 is 0.940 bits per heavy atom. The number of aromatic nitrogens is 4. The van der Waals surface area contributed by atoms with Crippen LogP contribution in [0.25, 0.3) is 11.0 Å². The summed E-state index contributed by atoms with van der Waals surface area (Å²) in [5, 5.41) is 6.18. The summed E-state index contributed by atoms with van der Waals surface area (Å²) >= 11 is 0. The molecule has 11 nitrogen and oxygen atoms in total. The first-order chi connectivity index (χ1) is 23.8. The minimum atomic E-state index is -4.76. The van der Waals surface area contributed by atoms with E-state index in [9.17, 15) is 17.7 Å². The largest absolute Gasteiger partial charge is 0.494 e. The number of halogens is 3. The van der Waals surface area contributed by atoms with E-state index in [1.165, 1.54) is 51.9 Å². The zero-order valence-electron chi connectivity index (χ0n) is 29.0. The van der Waals surface area contributed by atoms with Crippen LogP contribution in [0.3, 0.4) is 0 Å². The monoisotopic (exact) mass is 709 g/mol. The topological polar surface area (TPSA) is 112 Å². The van der Waals surface area contributed by atoms with E-state index in [0.29, 0.717) is 28.5 Å². The van der Waals surface area contributed by atoms with E-state index in [2.05, 4.69) is 52.3 Å². The SMILES string of the molecule is COc1cc(N2CCC(N3C[C@H]4CN(C)C[C@H]4C3)CC2)c(C)cc1Nc1ncc(C(F)(F)F)c(Nc2ccc3nccnc3c2P(C)(C)=O)n1. The highest BCUT2D eigenvalue weighted by Crippen LogP contribution is 2.43. The van der Waals surface area contributed by atoms with Crippen LogP contribution in [0.2, 0.25) is 0 Å². The third-order valence-electron chi connectivity index (χ3n) is 10.3. The Hall–Kier alpha value is -4.00. The van der Waals surface area contributed by atoms with Crippen molar-refractivity contribution >= 4 is 52.3 Å². The number of methoxy groups -OCH3 is 1. The van der Waals surface area contributed by atoms with Gasteiger partial charge in [-0.3, -0.25) is 14.9 Å². The van der Waals surface area contributed by atoms with E-state index in [4.69, 9.17) is 4.74 Å². The minimum Gasteiger partial charge on any atom is -0.494 e. The van der Waals surface area contributed by atoms with Gasteiger partial charge in [0.05, 0.1) is 29.3 Å². The Balaban J connectivity index is 1.12. The van der Waals surface area contributed by atoms with E-state index >= 15 is 0 Å². The van der Waals surface area contributed by atoms with E-state index in [0.717, 1.165) is 55.2 Å². The molecule has 0 saturated carbocycles. The van der Waals surface area contributed by atoms with E-state index in [1.54, 1.807) is 19.2 Å². The van der Waals surface area contributed by atoms with Crippen LogP contribution < -0.4 is 25.6 Å². The van der Waals surface area contributed by atoms with Crippen molar-refractivity contribution in [2.24, 2.45) is 11.8 Å². The lowest BCUT2D eigenvalue weighted by Crippen LogP contribution is -2.45. The number of likely N-dealkylation sites (tertiary alicyclic amines) is 2. The van der Waals surface area contributed by atoms with Crippen molar-refractivity contribution in [3.8, 4) is 5.75 Å². The van der Waals surface area contributed by atoms with Gasteiger partial charge in [-0.05, 0) is 75.7 Å². The van der Waals surface area contributed by atoms with Gasteiger partial charge in [-0.15, -0.1) is 0 Å². The molecule has 15 heteroatoms. The fourth-order valence-corrected chi connectivity index (χ4v) is 9.37. The van der Waals surface area contributed by atoms with Gasteiger partial charge in [-0.1, -0.05) is 0 Å². The summed E-state index contributed by atoms with van der Waals surface area (Å²) in [5.41, 5.74) is 2.55. The maximum Gasteiger partial charge on any atom is 0.421 e. The summed E-state index contributed by atoms with van der Waals surface area (Å²) in [6.07, 6.45) is 1.14. The third-order valence-corrected chi connectivity index (χ3v) is 11.8. The summed E-state index contributed by atoms with van der Waals surface area (Å²) in [5.74, 6) is 1.56. The number of anilines is 5. The van der Waals surface area contributed by atoms with Crippen LogP contribution in [-0.4, -0.2) is 103 Å². The molecule has 4 aromatic rings. The molecular weight excluding hydrogens is 666 g/mol. The highest BCUT2D eigenvalue weighted by atomic mass is 31.2. The Kier molecular flexibility index (Phi) is 9.15. The van der Waals surface area contributed by atoms with Crippen molar-refractivity contribution in [2.45, 2.75) is 32.0 Å². The number of benzene rings is 2. The number of fused-ring (bicyclic) bond motifs is 2. The molecule has 0 radical (unpaired) electrons. The molecule has 5 heterocycles. The summed E-state index contributed by atoms with van der Waals surface area (Å²) in [6, 6.07) is 7.65. The van der Waals surface area contributed by atoms with E-state index < -0.39 is 24.7 Å². The van der Waals surface area contributed by atoms with Gasteiger partial charge in [0.2, 0.25) is 5.95 Å². The molecule has 2 N–H and O–H groups in total. The van der Waals surface area contributed by atoms with Crippen LogP contribution in [0, 0.1) is 18.8 Å². The van der Waals surface area contributed by atoms with Crippen LogP contribution in [0.1, 0.15) is 24.0 Å². The zero-order valence-corrected chi connectivity index (χ0v) is 29.9. The van der Waals surface area contributed by atoms with E-state index in [-0.39, 0.29) is 16.9 Å². The predicted octanol–water partition coefficient (Wildman–Crippen LogP) is 5.95. The first-order valence-electron chi connectivity index (χ1n) is 16.9. The Bertz CT molecular complexity index is 1930. The number of rotatable bonds is 8. The fraction of sp³-hybridized carbons (Fsp3) is 0.486. The number of nitrogens with one attached hydrogen (secondary N) is 2. The fourth-order valence-electron chi connectivity index (χ4n) is 7.98. The quantitative estimate of drug-likeness (QED) is 0.212. The third kappa shape index (κ3) is 6.85. The number of piperidine rings is 1. The molecule has 3 aliphatic heterocycles. The van der Waals surface area contributed by atoms with Crippen LogP contribution in [-0.2, 0) is 10.7 Å². The van der Waals surface area contributed by atoms with Crippen LogP contribution in [0.4, 0.5) is 42.0 Å². The lowest BCUT2D eigenvalue weighted by atomic mass is 10.0. The van der Waals surface area contributed by atoms with Gasteiger partial charge < -0.3 is 29.7 Å². The van der Waals surface area contributed by atoms with Crippen molar-refractivity contribution in [3.63, 3.8) is 0 Å². The number of ether oxygens (including phenoxy) is 1. The van der Waals surface area contributed by atoms with Crippen molar-refractivity contribution in [2.75, 3.05) is 82.3 Å². The number of aryl methyl sites for hydroxylation is 1. The number of nitrogens with zero attached hydrogens (tertiary/aromatic N) is 7. The molecule has 2 aromatic heterocycles. The minimum absolute atomic E-state index is 0.0633. The maximum absolute atomic E-state index is 14.2. The zero-order chi connectivity index (χ0) is 35.4. The van der Waals surface area contributed by atoms with Gasteiger partial charge >= 0.3 is 6.18 Å². The van der Waals surface area contributed by atoms with E-state index in [1.807, 2.05) is 19.1 Å². The molecule has 3 aliphatic rings. The molecule has 3 saturated heterocycles. The summed E-state index contributed by atoms with van der Waals surface area (Å²) in [6.45, 7) is 11.8. The molecule has 2 atom stereocenters. The van der Waals surface area contributed by atoms with Gasteiger partial charge in [-0.25, -0.2) is 4.98 Å². The molecule has 266 valence electrons. The van der Waals surface area contributed by atoms with Crippen molar-refractivity contribution < 1.29 is 22.5 Å². The molecule has 0 unspecified atom stereocenters. The van der Waals surface area contributed by atoms with Gasteiger partial charge in [0.25, 0.3) is 0 Å². The van der Waals surface area contributed by atoms with Crippen LogP contribution in [0.15, 0.2) is 42.9 Å². The lowest BCUT2D eigenvalue weighted by molar-refractivity contribution is -0.137. The highest BCUT2D eigenvalue weighted by Gasteiger charge is 2.41. The highest BCUT2D eigenvalue weighted by molar-refractivity contribution is 7.71. The number of hydrogen-bond donors (Lipinski definition) is 2. The predicted molar refractivity (Wildman–Crippen MR) is 191 cm³/mol. The average molecular weight is 710 g/mol. The second kappa shape index (κ2) is 13.3. The Morgan fingerprint density at radius 2 is 1.64 bits per heavy atom. The lowest BCUT2D eigenvalue weighted by Gasteiger charge is -2.39. The summed E-state index contributed by atoms with van der Waals surface area (Å²) in [4.78, 5) is 24.5. The van der Waals surface area contributed by atoms with Gasteiger partial charge in [-0.2, -0.15) is 18.2 Å². The molecule has 50 heavy (non-hydrogen) atoms. The Morgan fingerprint density at radius 3 is 2.30 bits per heavy atom. The van der Waals surface area contributed by atoms with Crippen LogP contribution in [0.5, 0.6) is 5.75 Å². The molecule has 0 aliphatic carbocycles. The standard InChI is InChI=1S/C35H43F3N9O2P/c1-21-14-28(30(49-3)15-29(21)46-12-8-24(9-13-46)47-19-22-17-45(2)18-23(22)20-47)43-34-41-16-25(35(36,37)38)33(44-34)42-27-7-6-26-31(40-11-10-39-26)32(27)50(4,5)48/h6-7,10-11,14-16,22-24H,8-9,12-13,17-20H2,1-5H3,(H2,41,42,43,44)/t22-,23+. The molecule has 0 spiro atoms. The van der Waals surface area contributed by atoms with Crippen molar-refractivity contribution in [3.05, 3.63) is 54.0 Å². The van der Waals surface area contributed by atoms with Crippen molar-refractivity contribution in [1.82, 2.24) is 29.7 Å². The smallest absolute Gasteiger partial charge is 0.421 e. The van der Waals surface area contributed by atoms with Gasteiger partial charge in [0.15, 0.2) is 0 Å². The number of alkyl halides is 3. The normalized spacial score (nSPS) is 20.8. The molecule has 7 rings (SSSR count). The number of hydrogen-bond acceptors (Lipinski definition) is 11. The molecule has 2 aromatic carbocycles. The van der Waals surface area contributed by atoms with Gasteiger partial charge in [0.1, 0.15) is 29.8 Å². The molecular formula is C35H43F3N9O2P. The summed E-state index contributed by atoms with van der Waals surface area (Å²) < 4.78 is 61.8. The second-order valence-electron chi connectivity index (χ2n) is 14.2. The Labute approximate surface area is 290 Å². The van der Waals surface area contributed by atoms with Gasteiger partial charge in [0, 0.05) is 75.7 Å². The summed E-state index contributed by atoms with van der Waals surface area (Å²) in [7, 11) is 0.746. The molecule has 0 amide bonds. The van der Waals surface area contributed by atoms with Crippen molar-refractivity contribution in [1.29, 1.82) is 0 Å². The molecule has 3 fully saturated rings. The maximum atomic E-state index is 14.2. The first-order valence-corrected chi connectivity index (χ1v) is 19.5. The first kappa shape index (κ1) is 34.4. The van der Waals surface area contributed by atoms with Crippen LogP contribution >= 0.6 is 7.14 Å². The average Bonchev–Trinajstić information content (AvgIpc) is 3.61. The molecule has 0 bridgehead atoms.